The average Bonchev–Trinajstić information content (AvgIpc) is 2.85. The molecule has 0 radical (unpaired) electrons. The number of benzene rings is 1. The third-order valence-electron chi connectivity index (χ3n) is 2.21. The summed E-state index contributed by atoms with van der Waals surface area (Å²) in [6.45, 7) is 0. The summed E-state index contributed by atoms with van der Waals surface area (Å²) in [5, 5.41) is 19.3. The summed E-state index contributed by atoms with van der Waals surface area (Å²) in [6, 6.07) is 10.5. The molecule has 0 atom stereocenters. The molecule has 1 aromatic heterocycles. The van der Waals surface area contributed by atoms with Crippen molar-refractivity contribution in [2.75, 3.05) is 0 Å². The van der Waals surface area contributed by atoms with Crippen molar-refractivity contribution >= 4 is 0 Å². The Morgan fingerprint density at radius 3 is 2.44 bits per heavy atom. The monoisotopic (exact) mass is 256 g/mol. The fourth-order valence-electron chi connectivity index (χ4n) is 1.47. The van der Waals surface area contributed by atoms with Gasteiger partial charge in [0.15, 0.2) is 0 Å². The van der Waals surface area contributed by atoms with Crippen LogP contribution in [0.1, 0.15) is 17.7 Å². The van der Waals surface area contributed by atoms with Crippen LogP contribution in [0.15, 0.2) is 41.9 Å². The van der Waals surface area contributed by atoms with Gasteiger partial charge in [-0.05, 0) is 24.8 Å². The topological polar surface area (TPSA) is 94.1 Å². The van der Waals surface area contributed by atoms with E-state index in [2.05, 4.69) is 39.7 Å². The Morgan fingerprint density at radius 1 is 1.22 bits per heavy atom. The largest absolute Gasteiger partial charge is 1.00 e. The van der Waals surface area contributed by atoms with Crippen molar-refractivity contribution < 1.29 is 29.6 Å². The van der Waals surface area contributed by atoms with Crippen LogP contribution in [0.2, 0.25) is 0 Å². The fourth-order valence-corrected chi connectivity index (χ4v) is 1.47. The van der Waals surface area contributed by atoms with E-state index >= 15 is 0 Å². The Kier molecular flexibility index (Phi) is 10.1. The van der Waals surface area contributed by atoms with Gasteiger partial charge < -0.3 is 10.1 Å². The zero-order valence-corrected chi connectivity index (χ0v) is 12.2. The molecule has 18 heavy (non-hydrogen) atoms. The van der Waals surface area contributed by atoms with E-state index in [0.29, 0.717) is 0 Å². The van der Waals surface area contributed by atoms with Gasteiger partial charge in [0.05, 0.1) is 5.69 Å². The SMILES string of the molecule is O=N[O-].[Na+].c1ccc(CCCc2c[nH]nn2)cc1. The fraction of sp³-hybridized carbons (Fsp3) is 0.273. The minimum absolute atomic E-state index is 0. The molecule has 0 unspecified atom stereocenters. The second-order valence-electron chi connectivity index (χ2n) is 3.38. The Hall–Kier alpha value is -1.24. The minimum atomic E-state index is 0. The number of aromatic amines is 1. The smallest absolute Gasteiger partial charge is 0.444 e. The first-order valence-electron chi connectivity index (χ1n) is 5.21. The van der Waals surface area contributed by atoms with E-state index in [-0.39, 0.29) is 29.6 Å². The second-order valence-corrected chi connectivity index (χ2v) is 3.38. The Bertz CT molecular complexity index is 408. The minimum Gasteiger partial charge on any atom is -0.444 e. The van der Waals surface area contributed by atoms with Crippen molar-refractivity contribution in [3.63, 3.8) is 0 Å². The molecular weight excluding hydrogens is 243 g/mol. The second kappa shape index (κ2) is 10.9. The molecule has 90 valence electrons. The number of rotatable bonds is 4. The first-order valence-corrected chi connectivity index (χ1v) is 5.21. The van der Waals surface area contributed by atoms with Gasteiger partial charge in [0.1, 0.15) is 0 Å². The third-order valence-corrected chi connectivity index (χ3v) is 2.21. The van der Waals surface area contributed by atoms with Crippen molar-refractivity contribution in [1.29, 1.82) is 0 Å². The molecule has 0 saturated carbocycles. The van der Waals surface area contributed by atoms with Crippen molar-refractivity contribution in [3.8, 4) is 0 Å². The number of aryl methyl sites for hydroxylation is 2. The Balaban J connectivity index is 0.000000660. The van der Waals surface area contributed by atoms with Crippen molar-refractivity contribution in [2.45, 2.75) is 19.3 Å². The van der Waals surface area contributed by atoms with Gasteiger partial charge in [0, 0.05) is 6.20 Å². The van der Waals surface area contributed by atoms with Gasteiger partial charge in [-0.25, -0.2) is 0 Å². The summed E-state index contributed by atoms with van der Waals surface area (Å²) in [5.74, 6) is 0. The van der Waals surface area contributed by atoms with E-state index in [0.717, 1.165) is 30.3 Å². The number of nitrogens with zero attached hydrogens (tertiary/aromatic N) is 3. The van der Waals surface area contributed by atoms with Crippen LogP contribution in [0.3, 0.4) is 0 Å². The molecule has 0 aliphatic rings. The van der Waals surface area contributed by atoms with Crippen LogP contribution < -0.4 is 29.6 Å². The predicted octanol–water partition coefficient (Wildman–Crippen LogP) is -0.765. The van der Waals surface area contributed by atoms with Gasteiger partial charge in [0.25, 0.3) is 0 Å². The standard InChI is InChI=1S/C11H13N3.HNO2.Na/c1-2-5-10(6-3-1)7-4-8-11-9-12-14-13-11;2-1-3;/h1-3,5-6,9H,4,7-8H2,(H,12,13,14);(H,2,3);/q;;+1/p-1. The molecular formula is C11H13N4NaO2. The van der Waals surface area contributed by atoms with Crippen LogP contribution in [0.25, 0.3) is 0 Å². The summed E-state index contributed by atoms with van der Waals surface area (Å²) in [7, 11) is 0. The predicted molar refractivity (Wildman–Crippen MR) is 64.0 cm³/mol. The summed E-state index contributed by atoms with van der Waals surface area (Å²) >= 11 is 0. The van der Waals surface area contributed by atoms with Crippen LogP contribution in [0.5, 0.6) is 0 Å². The van der Waals surface area contributed by atoms with Gasteiger partial charge in [0.2, 0.25) is 0 Å². The first-order chi connectivity index (χ1) is 8.36. The molecule has 6 nitrogen and oxygen atoms in total. The maximum Gasteiger partial charge on any atom is 1.00 e. The van der Waals surface area contributed by atoms with Gasteiger partial charge >= 0.3 is 29.6 Å². The van der Waals surface area contributed by atoms with E-state index in [1.54, 1.807) is 0 Å². The van der Waals surface area contributed by atoms with Crippen molar-refractivity contribution in [1.82, 2.24) is 15.4 Å². The molecule has 0 aliphatic carbocycles. The summed E-state index contributed by atoms with van der Waals surface area (Å²) in [6.07, 6.45) is 5.07. The van der Waals surface area contributed by atoms with Crippen LogP contribution in [-0.4, -0.2) is 15.4 Å². The molecule has 0 aliphatic heterocycles. The Labute approximate surface area is 127 Å². The van der Waals surface area contributed by atoms with Gasteiger partial charge in [-0.1, -0.05) is 35.5 Å². The van der Waals surface area contributed by atoms with Gasteiger partial charge in [-0.3, -0.25) is 5.10 Å². The molecule has 1 aromatic carbocycles. The van der Waals surface area contributed by atoms with Crippen LogP contribution in [0, 0.1) is 10.1 Å². The van der Waals surface area contributed by atoms with Gasteiger partial charge in [-0.2, -0.15) is 0 Å². The molecule has 1 heterocycles. The third kappa shape index (κ3) is 7.16. The molecule has 0 saturated heterocycles. The van der Waals surface area contributed by atoms with Gasteiger partial charge in [-0.15, -0.1) is 10.4 Å². The zero-order valence-electron chi connectivity index (χ0n) is 10.2. The number of hydrogen-bond donors (Lipinski definition) is 1. The van der Waals surface area contributed by atoms with Crippen LogP contribution in [-0.2, 0) is 12.8 Å². The Morgan fingerprint density at radius 2 is 1.89 bits per heavy atom. The molecule has 0 amide bonds. The molecule has 0 fully saturated rings. The molecule has 1 N–H and O–H groups in total. The van der Waals surface area contributed by atoms with E-state index < -0.39 is 0 Å². The molecule has 2 aromatic rings. The molecule has 7 heteroatoms. The number of nitrogens with one attached hydrogen (secondary N) is 1. The first kappa shape index (κ1) is 16.8. The number of hydrogen-bond acceptors (Lipinski definition) is 5. The quantitative estimate of drug-likeness (QED) is 0.441. The molecule has 0 spiro atoms. The molecule has 2 rings (SSSR count). The van der Waals surface area contributed by atoms with E-state index in [9.17, 15) is 0 Å². The van der Waals surface area contributed by atoms with E-state index in [4.69, 9.17) is 10.1 Å². The van der Waals surface area contributed by atoms with E-state index in [1.165, 1.54) is 5.56 Å². The zero-order chi connectivity index (χ0) is 12.3. The normalized spacial score (nSPS) is 8.67. The van der Waals surface area contributed by atoms with Crippen LogP contribution in [0.4, 0.5) is 0 Å². The van der Waals surface area contributed by atoms with E-state index in [1.807, 2.05) is 12.3 Å². The maximum absolute atomic E-state index is 8.00. The number of H-pyrrole nitrogens is 1. The summed E-state index contributed by atoms with van der Waals surface area (Å²) in [5.41, 5.74) is 2.43. The summed E-state index contributed by atoms with van der Waals surface area (Å²) in [4.78, 5) is 8.00. The average molecular weight is 256 g/mol. The van der Waals surface area contributed by atoms with Crippen LogP contribution >= 0.6 is 0 Å². The molecule has 0 bridgehead atoms. The number of aromatic nitrogens is 3. The maximum atomic E-state index is 8.00. The van der Waals surface area contributed by atoms with Crippen molar-refractivity contribution in [2.24, 2.45) is 5.34 Å². The summed E-state index contributed by atoms with van der Waals surface area (Å²) < 4.78 is 0. The van der Waals surface area contributed by atoms with Crippen molar-refractivity contribution in [3.05, 3.63) is 57.9 Å².